The minimum atomic E-state index is 0.388. The number of nitrogens with one attached hydrogen (secondary N) is 1. The number of hydrogen-bond donors (Lipinski definition) is 1. The second-order valence-electron chi connectivity index (χ2n) is 5.67. The molecule has 0 spiro atoms. The van der Waals surface area contributed by atoms with Gasteiger partial charge in [0.05, 0.1) is 13.2 Å². The van der Waals surface area contributed by atoms with Gasteiger partial charge in [-0.25, -0.2) is 0 Å². The van der Waals surface area contributed by atoms with Crippen molar-refractivity contribution in [1.82, 2.24) is 0 Å². The first-order chi connectivity index (χ1) is 10.1. The maximum atomic E-state index is 5.52. The first kappa shape index (κ1) is 14.5. The van der Waals surface area contributed by atoms with Crippen LogP contribution in [-0.4, -0.2) is 7.11 Å². The fourth-order valence-corrected chi connectivity index (χ4v) is 3.63. The smallest absolute Gasteiger partial charge is 0.126 e. The van der Waals surface area contributed by atoms with E-state index in [0.29, 0.717) is 6.04 Å². The third kappa shape index (κ3) is 2.67. The van der Waals surface area contributed by atoms with Crippen LogP contribution in [0.25, 0.3) is 0 Å². The van der Waals surface area contributed by atoms with Crippen LogP contribution in [0.5, 0.6) is 5.75 Å². The van der Waals surface area contributed by atoms with Gasteiger partial charge in [0.2, 0.25) is 0 Å². The van der Waals surface area contributed by atoms with Crippen LogP contribution in [0.15, 0.2) is 34.8 Å². The summed E-state index contributed by atoms with van der Waals surface area (Å²) in [4.78, 5) is 0. The van der Waals surface area contributed by atoms with Gasteiger partial charge >= 0.3 is 0 Å². The van der Waals surface area contributed by atoms with Crippen molar-refractivity contribution in [3.63, 3.8) is 0 Å². The molecule has 0 aliphatic heterocycles. The molecule has 0 amide bonds. The van der Waals surface area contributed by atoms with E-state index in [1.54, 1.807) is 7.11 Å². The molecule has 1 aliphatic rings. The van der Waals surface area contributed by atoms with Crippen LogP contribution in [0, 0.1) is 13.8 Å². The molecule has 1 unspecified atom stereocenters. The monoisotopic (exact) mass is 345 g/mol. The fraction of sp³-hybridized carbons (Fsp3) is 0.333. The largest absolute Gasteiger partial charge is 0.496 e. The number of fused-ring (bicyclic) bond motifs is 1. The van der Waals surface area contributed by atoms with E-state index in [4.69, 9.17) is 4.74 Å². The Kier molecular flexibility index (Phi) is 3.94. The molecule has 0 fully saturated rings. The summed E-state index contributed by atoms with van der Waals surface area (Å²) in [6, 6.07) is 11.3. The third-order valence-electron chi connectivity index (χ3n) is 4.32. The number of anilines is 1. The summed E-state index contributed by atoms with van der Waals surface area (Å²) in [6.07, 6.45) is 2.27. The molecule has 2 aromatic carbocycles. The SMILES string of the molecule is COc1c(C)ccc(NC2CCc3cc(Br)ccc32)c1C. The second kappa shape index (κ2) is 5.72. The van der Waals surface area contributed by atoms with E-state index in [2.05, 4.69) is 65.4 Å². The van der Waals surface area contributed by atoms with Gasteiger partial charge in [-0.15, -0.1) is 0 Å². The van der Waals surface area contributed by atoms with Crippen molar-refractivity contribution in [2.24, 2.45) is 0 Å². The molecule has 1 atom stereocenters. The van der Waals surface area contributed by atoms with Gasteiger partial charge in [0.1, 0.15) is 5.75 Å². The molecule has 0 aromatic heterocycles. The van der Waals surface area contributed by atoms with E-state index in [1.165, 1.54) is 27.9 Å². The lowest BCUT2D eigenvalue weighted by Crippen LogP contribution is -2.09. The predicted molar refractivity (Wildman–Crippen MR) is 91.3 cm³/mol. The standard InChI is InChI=1S/C18H20BrNO/c1-11-4-8-16(12(2)18(11)21-3)20-17-9-5-13-10-14(19)6-7-15(13)17/h4,6-8,10,17,20H,5,9H2,1-3H3. The summed E-state index contributed by atoms with van der Waals surface area (Å²) < 4.78 is 6.68. The fourth-order valence-electron chi connectivity index (χ4n) is 3.22. The molecule has 2 nitrogen and oxygen atoms in total. The normalized spacial score (nSPS) is 16.7. The molecule has 1 N–H and O–H groups in total. The molecule has 21 heavy (non-hydrogen) atoms. The van der Waals surface area contributed by atoms with Crippen LogP contribution in [0.3, 0.4) is 0 Å². The molecule has 0 heterocycles. The van der Waals surface area contributed by atoms with E-state index in [0.717, 1.165) is 23.1 Å². The van der Waals surface area contributed by atoms with E-state index in [9.17, 15) is 0 Å². The summed E-state index contributed by atoms with van der Waals surface area (Å²) in [5.41, 5.74) is 6.38. The zero-order valence-corrected chi connectivity index (χ0v) is 14.3. The number of ether oxygens (including phenoxy) is 1. The third-order valence-corrected chi connectivity index (χ3v) is 4.81. The van der Waals surface area contributed by atoms with E-state index in [-0.39, 0.29) is 0 Å². The summed E-state index contributed by atoms with van der Waals surface area (Å²) in [7, 11) is 1.74. The Bertz CT molecular complexity index is 681. The van der Waals surface area contributed by atoms with Gasteiger partial charge in [0.25, 0.3) is 0 Å². The summed E-state index contributed by atoms with van der Waals surface area (Å²) >= 11 is 3.55. The maximum absolute atomic E-state index is 5.52. The number of aryl methyl sites for hydroxylation is 2. The molecule has 3 heteroatoms. The highest BCUT2D eigenvalue weighted by molar-refractivity contribution is 9.10. The Balaban J connectivity index is 1.90. The maximum Gasteiger partial charge on any atom is 0.126 e. The van der Waals surface area contributed by atoms with Crippen molar-refractivity contribution in [3.05, 3.63) is 57.1 Å². The minimum absolute atomic E-state index is 0.388. The Labute approximate surface area is 134 Å². The zero-order valence-electron chi connectivity index (χ0n) is 12.7. The molecule has 0 bridgehead atoms. The first-order valence-corrected chi connectivity index (χ1v) is 8.08. The van der Waals surface area contributed by atoms with Gasteiger partial charge in [-0.1, -0.05) is 28.1 Å². The molecule has 0 saturated heterocycles. The van der Waals surface area contributed by atoms with Crippen molar-refractivity contribution in [2.45, 2.75) is 32.7 Å². The van der Waals surface area contributed by atoms with Gasteiger partial charge in [0, 0.05) is 15.7 Å². The van der Waals surface area contributed by atoms with Gasteiger partial charge in [-0.3, -0.25) is 0 Å². The topological polar surface area (TPSA) is 21.3 Å². The van der Waals surface area contributed by atoms with Gasteiger partial charge in [-0.05, 0) is 61.6 Å². The first-order valence-electron chi connectivity index (χ1n) is 7.29. The molecule has 0 saturated carbocycles. The minimum Gasteiger partial charge on any atom is -0.496 e. The van der Waals surface area contributed by atoms with Crippen molar-refractivity contribution >= 4 is 21.6 Å². The van der Waals surface area contributed by atoms with Crippen LogP contribution in [0.4, 0.5) is 5.69 Å². The number of hydrogen-bond acceptors (Lipinski definition) is 2. The number of benzene rings is 2. The van der Waals surface area contributed by atoms with Crippen molar-refractivity contribution in [1.29, 1.82) is 0 Å². The molecule has 2 aromatic rings. The molecule has 0 radical (unpaired) electrons. The Morgan fingerprint density at radius 1 is 1.19 bits per heavy atom. The van der Waals surface area contributed by atoms with Crippen LogP contribution in [0.2, 0.25) is 0 Å². The van der Waals surface area contributed by atoms with Gasteiger partial charge in [-0.2, -0.15) is 0 Å². The molecule has 1 aliphatic carbocycles. The number of methoxy groups -OCH3 is 1. The van der Waals surface area contributed by atoms with Crippen LogP contribution < -0.4 is 10.1 Å². The lowest BCUT2D eigenvalue weighted by atomic mass is 10.1. The number of halogens is 1. The van der Waals surface area contributed by atoms with Gasteiger partial charge < -0.3 is 10.1 Å². The predicted octanol–water partition coefficient (Wildman–Crippen LogP) is 5.17. The van der Waals surface area contributed by atoms with Crippen molar-refractivity contribution < 1.29 is 4.74 Å². The Hall–Kier alpha value is -1.48. The summed E-state index contributed by atoms with van der Waals surface area (Å²) in [6.45, 7) is 4.20. The summed E-state index contributed by atoms with van der Waals surface area (Å²) in [5, 5.41) is 3.69. The quantitative estimate of drug-likeness (QED) is 0.827. The lowest BCUT2D eigenvalue weighted by Gasteiger charge is -2.20. The molecule has 3 rings (SSSR count). The van der Waals surface area contributed by atoms with Crippen molar-refractivity contribution in [2.75, 3.05) is 12.4 Å². The zero-order chi connectivity index (χ0) is 15.0. The Morgan fingerprint density at radius 3 is 2.76 bits per heavy atom. The highest BCUT2D eigenvalue weighted by Gasteiger charge is 2.23. The van der Waals surface area contributed by atoms with Crippen LogP contribution >= 0.6 is 15.9 Å². The van der Waals surface area contributed by atoms with Crippen LogP contribution in [0.1, 0.15) is 34.7 Å². The van der Waals surface area contributed by atoms with E-state index in [1.807, 2.05) is 0 Å². The Morgan fingerprint density at radius 2 is 2.00 bits per heavy atom. The average Bonchev–Trinajstić information content (AvgIpc) is 2.85. The molecular formula is C18H20BrNO. The number of rotatable bonds is 3. The van der Waals surface area contributed by atoms with E-state index >= 15 is 0 Å². The summed E-state index contributed by atoms with van der Waals surface area (Å²) in [5.74, 6) is 0.981. The lowest BCUT2D eigenvalue weighted by molar-refractivity contribution is 0.409. The highest BCUT2D eigenvalue weighted by Crippen LogP contribution is 2.37. The molecular weight excluding hydrogens is 326 g/mol. The van der Waals surface area contributed by atoms with E-state index < -0.39 is 0 Å². The second-order valence-corrected chi connectivity index (χ2v) is 6.58. The molecule has 110 valence electrons. The van der Waals surface area contributed by atoms with Crippen LogP contribution in [-0.2, 0) is 6.42 Å². The highest BCUT2D eigenvalue weighted by atomic mass is 79.9. The van der Waals surface area contributed by atoms with Crippen molar-refractivity contribution in [3.8, 4) is 5.75 Å². The average molecular weight is 346 g/mol. The van der Waals surface area contributed by atoms with Gasteiger partial charge in [0.15, 0.2) is 0 Å².